The molecule has 0 amide bonds. The molecule has 2 aromatic heterocycles. The Bertz CT molecular complexity index is 1170. The molecule has 0 atom stereocenters. The predicted octanol–water partition coefficient (Wildman–Crippen LogP) is 3.57. The highest BCUT2D eigenvalue weighted by molar-refractivity contribution is 5.92. The molecule has 4 rings (SSSR count). The van der Waals surface area contributed by atoms with Crippen LogP contribution >= 0.6 is 0 Å². The number of nitrogens with one attached hydrogen (secondary N) is 2. The average Bonchev–Trinajstić information content (AvgIpc) is 2.69. The van der Waals surface area contributed by atoms with Crippen molar-refractivity contribution in [3.8, 4) is 11.1 Å². The van der Waals surface area contributed by atoms with Gasteiger partial charge in [-0.2, -0.15) is 10.1 Å². The second-order valence-electron chi connectivity index (χ2n) is 5.76. The van der Waals surface area contributed by atoms with E-state index >= 15 is 0 Å². The molecule has 0 radical (unpaired) electrons. The summed E-state index contributed by atoms with van der Waals surface area (Å²) in [5.41, 5.74) is 4.87. The number of hydrazone groups is 1. The third-order valence-electron chi connectivity index (χ3n) is 3.95. The number of fused-ring (bicyclic) bond motifs is 1. The first-order valence-corrected chi connectivity index (χ1v) is 8.20. The van der Waals surface area contributed by atoms with E-state index in [2.05, 4.69) is 25.5 Å². The van der Waals surface area contributed by atoms with Gasteiger partial charge in [0.1, 0.15) is 5.82 Å². The van der Waals surface area contributed by atoms with Crippen LogP contribution in [-0.4, -0.2) is 21.2 Å². The lowest BCUT2D eigenvalue weighted by molar-refractivity contribution is 0.628. The minimum Gasteiger partial charge on any atom is -0.291 e. The summed E-state index contributed by atoms with van der Waals surface area (Å²) in [6.07, 6.45) is 3.18. The molecule has 132 valence electrons. The van der Waals surface area contributed by atoms with Gasteiger partial charge in [0.15, 0.2) is 5.65 Å². The van der Waals surface area contributed by atoms with Crippen LogP contribution in [0.2, 0.25) is 0 Å². The van der Waals surface area contributed by atoms with Gasteiger partial charge in [-0.05, 0) is 34.9 Å². The molecule has 0 saturated carbocycles. The predicted molar refractivity (Wildman–Crippen MR) is 103 cm³/mol. The second-order valence-corrected chi connectivity index (χ2v) is 5.76. The molecule has 0 aliphatic rings. The molecule has 0 aliphatic heterocycles. The van der Waals surface area contributed by atoms with Gasteiger partial charge in [0.2, 0.25) is 5.95 Å². The first-order valence-electron chi connectivity index (χ1n) is 8.20. The summed E-state index contributed by atoms with van der Waals surface area (Å²) in [5.74, 6) is -0.157. The number of hydrogen-bond donors (Lipinski definition) is 2. The van der Waals surface area contributed by atoms with E-state index in [0.717, 1.165) is 5.56 Å². The third kappa shape index (κ3) is 3.57. The fourth-order valence-corrected chi connectivity index (χ4v) is 2.69. The third-order valence-corrected chi connectivity index (χ3v) is 3.95. The second kappa shape index (κ2) is 7.17. The van der Waals surface area contributed by atoms with E-state index < -0.39 is 0 Å². The van der Waals surface area contributed by atoms with E-state index in [0.29, 0.717) is 16.5 Å². The SMILES string of the molecule is O=c1[nH]c(N/N=C/c2ccccc2)nc2nccc(-c3ccc(F)cc3)c12. The van der Waals surface area contributed by atoms with E-state index in [1.807, 2.05) is 30.3 Å². The maximum atomic E-state index is 13.2. The highest BCUT2D eigenvalue weighted by Crippen LogP contribution is 2.24. The number of halogens is 1. The lowest BCUT2D eigenvalue weighted by Gasteiger charge is -2.06. The van der Waals surface area contributed by atoms with Crippen LogP contribution in [0.4, 0.5) is 10.3 Å². The topological polar surface area (TPSA) is 83.0 Å². The summed E-state index contributed by atoms with van der Waals surface area (Å²) in [5, 5.41) is 4.41. The van der Waals surface area contributed by atoms with Crippen molar-refractivity contribution in [1.29, 1.82) is 0 Å². The lowest BCUT2D eigenvalue weighted by Crippen LogP contribution is -2.13. The van der Waals surface area contributed by atoms with Crippen molar-refractivity contribution in [2.75, 3.05) is 5.43 Å². The van der Waals surface area contributed by atoms with Gasteiger partial charge in [0, 0.05) is 6.20 Å². The van der Waals surface area contributed by atoms with E-state index in [9.17, 15) is 9.18 Å². The molecule has 7 heteroatoms. The number of aromatic nitrogens is 3. The molecule has 0 aliphatic carbocycles. The van der Waals surface area contributed by atoms with Gasteiger partial charge in [-0.15, -0.1) is 0 Å². The van der Waals surface area contributed by atoms with E-state index in [-0.39, 0.29) is 23.0 Å². The maximum Gasteiger partial charge on any atom is 0.262 e. The van der Waals surface area contributed by atoms with Crippen LogP contribution in [0.1, 0.15) is 5.56 Å². The van der Waals surface area contributed by atoms with E-state index in [1.165, 1.54) is 12.1 Å². The number of H-pyrrole nitrogens is 1. The Labute approximate surface area is 153 Å². The zero-order valence-electron chi connectivity index (χ0n) is 14.1. The Balaban J connectivity index is 1.69. The molecule has 27 heavy (non-hydrogen) atoms. The standard InChI is InChI=1S/C20H14FN5O/c21-15-8-6-14(7-9-15)16-10-11-22-18-17(16)19(27)25-20(24-18)26-23-12-13-4-2-1-3-5-13/h1-12H,(H2,22,24,25,26,27)/b23-12+. The average molecular weight is 359 g/mol. The highest BCUT2D eigenvalue weighted by Gasteiger charge is 2.11. The number of aromatic amines is 1. The highest BCUT2D eigenvalue weighted by atomic mass is 19.1. The molecule has 0 bridgehead atoms. The quantitative estimate of drug-likeness (QED) is 0.431. The molecule has 0 spiro atoms. The van der Waals surface area contributed by atoms with Crippen molar-refractivity contribution in [3.63, 3.8) is 0 Å². The normalized spacial score (nSPS) is 11.1. The number of rotatable bonds is 4. The Hall–Kier alpha value is -3.87. The van der Waals surface area contributed by atoms with Gasteiger partial charge < -0.3 is 0 Å². The van der Waals surface area contributed by atoms with Crippen molar-refractivity contribution in [2.45, 2.75) is 0 Å². The molecule has 0 fully saturated rings. The summed E-state index contributed by atoms with van der Waals surface area (Å²) < 4.78 is 13.2. The number of benzene rings is 2. The smallest absolute Gasteiger partial charge is 0.262 e. The molecule has 2 heterocycles. The van der Waals surface area contributed by atoms with Crippen LogP contribution in [0, 0.1) is 5.82 Å². The number of hydrogen-bond acceptors (Lipinski definition) is 5. The Morgan fingerprint density at radius 3 is 2.59 bits per heavy atom. The molecule has 6 nitrogen and oxygen atoms in total. The number of pyridine rings is 1. The van der Waals surface area contributed by atoms with Crippen LogP contribution in [0.5, 0.6) is 0 Å². The lowest BCUT2D eigenvalue weighted by atomic mass is 10.0. The van der Waals surface area contributed by atoms with Crippen LogP contribution in [0.15, 0.2) is 76.8 Å². The fourth-order valence-electron chi connectivity index (χ4n) is 2.69. The Kier molecular flexibility index (Phi) is 4.40. The zero-order chi connectivity index (χ0) is 18.6. The minimum absolute atomic E-state index is 0.184. The summed E-state index contributed by atoms with van der Waals surface area (Å²) in [4.78, 5) is 23.7. The zero-order valence-corrected chi connectivity index (χ0v) is 14.1. The van der Waals surface area contributed by atoms with Gasteiger partial charge in [-0.1, -0.05) is 42.5 Å². The van der Waals surface area contributed by atoms with E-state index in [1.54, 1.807) is 30.6 Å². The first kappa shape index (κ1) is 16.6. The summed E-state index contributed by atoms with van der Waals surface area (Å²) in [6.45, 7) is 0. The van der Waals surface area contributed by atoms with Crippen molar-refractivity contribution in [2.24, 2.45) is 5.10 Å². The summed E-state index contributed by atoms with van der Waals surface area (Å²) >= 11 is 0. The van der Waals surface area contributed by atoms with Gasteiger partial charge >= 0.3 is 0 Å². The summed E-state index contributed by atoms with van der Waals surface area (Å²) in [6, 6.07) is 17.1. The minimum atomic E-state index is -0.357. The van der Waals surface area contributed by atoms with Gasteiger partial charge in [-0.3, -0.25) is 9.78 Å². The van der Waals surface area contributed by atoms with Crippen LogP contribution in [0.3, 0.4) is 0 Å². The van der Waals surface area contributed by atoms with E-state index in [4.69, 9.17) is 0 Å². The molecular weight excluding hydrogens is 345 g/mol. The van der Waals surface area contributed by atoms with Crippen molar-refractivity contribution in [3.05, 3.63) is 88.6 Å². The molecule has 0 saturated heterocycles. The Morgan fingerprint density at radius 2 is 1.81 bits per heavy atom. The van der Waals surface area contributed by atoms with Crippen molar-refractivity contribution in [1.82, 2.24) is 15.0 Å². The van der Waals surface area contributed by atoms with Crippen LogP contribution < -0.4 is 11.0 Å². The summed E-state index contributed by atoms with van der Waals surface area (Å²) in [7, 11) is 0. The number of nitrogens with zero attached hydrogens (tertiary/aromatic N) is 3. The van der Waals surface area contributed by atoms with Gasteiger partial charge in [-0.25, -0.2) is 14.8 Å². The Morgan fingerprint density at radius 1 is 1.04 bits per heavy atom. The largest absolute Gasteiger partial charge is 0.291 e. The first-order chi connectivity index (χ1) is 13.2. The van der Waals surface area contributed by atoms with Crippen molar-refractivity contribution < 1.29 is 4.39 Å². The van der Waals surface area contributed by atoms with Crippen LogP contribution in [0.25, 0.3) is 22.2 Å². The molecular formula is C20H14FN5O. The van der Waals surface area contributed by atoms with Crippen LogP contribution in [-0.2, 0) is 0 Å². The van der Waals surface area contributed by atoms with Gasteiger partial charge in [0.05, 0.1) is 11.6 Å². The molecule has 2 aromatic carbocycles. The maximum absolute atomic E-state index is 13.2. The molecule has 4 aromatic rings. The van der Waals surface area contributed by atoms with Gasteiger partial charge in [0.25, 0.3) is 5.56 Å². The monoisotopic (exact) mass is 359 g/mol. The fraction of sp³-hybridized carbons (Fsp3) is 0. The van der Waals surface area contributed by atoms with Crippen molar-refractivity contribution >= 4 is 23.2 Å². The molecule has 0 unspecified atom stereocenters. The number of anilines is 1. The molecule has 2 N–H and O–H groups in total.